The number of rotatable bonds is 8. The van der Waals surface area contributed by atoms with Gasteiger partial charge in [-0.25, -0.2) is 9.97 Å². The predicted molar refractivity (Wildman–Crippen MR) is 135 cm³/mol. The quantitative estimate of drug-likeness (QED) is 0.540. The summed E-state index contributed by atoms with van der Waals surface area (Å²) in [6, 6.07) is 7.76. The molecule has 0 unspecified atom stereocenters. The van der Waals surface area contributed by atoms with Crippen LogP contribution in [0.2, 0.25) is 0 Å². The third-order valence-corrected chi connectivity index (χ3v) is 6.02. The van der Waals surface area contributed by atoms with E-state index in [1.807, 2.05) is 37.3 Å². The number of methoxy groups -OCH3 is 1. The molecule has 1 aromatic carbocycles. The van der Waals surface area contributed by atoms with Crippen LogP contribution < -0.4 is 15.8 Å². The minimum Gasteiger partial charge on any atom is -0.496 e. The number of para-hydroxylation sites is 1. The number of piperidine rings is 1. The second-order valence-corrected chi connectivity index (χ2v) is 8.35. The van der Waals surface area contributed by atoms with Crippen molar-refractivity contribution in [1.29, 1.82) is 0 Å². The van der Waals surface area contributed by atoms with E-state index >= 15 is 0 Å². The summed E-state index contributed by atoms with van der Waals surface area (Å²) in [5.74, 6) is 1.32. The molecule has 6 nitrogen and oxygen atoms in total. The lowest BCUT2D eigenvalue weighted by atomic mass is 10.1. The first kappa shape index (κ1) is 22.6. The van der Waals surface area contributed by atoms with Crippen molar-refractivity contribution in [2.75, 3.05) is 25.9 Å². The molecule has 1 aliphatic heterocycles. The van der Waals surface area contributed by atoms with Gasteiger partial charge >= 0.3 is 0 Å². The lowest BCUT2D eigenvalue weighted by molar-refractivity contribution is 0.290. The summed E-state index contributed by atoms with van der Waals surface area (Å²) in [4.78, 5) is 11.8. The third kappa shape index (κ3) is 5.11. The average Bonchev–Trinajstić information content (AvgIpc) is 3.70. The zero-order valence-electron chi connectivity index (χ0n) is 19.6. The molecule has 0 atom stereocenters. The number of likely N-dealkylation sites (tertiary alicyclic amines) is 1. The summed E-state index contributed by atoms with van der Waals surface area (Å²) in [7, 11) is 1.65. The van der Waals surface area contributed by atoms with Crippen molar-refractivity contribution in [2.45, 2.75) is 39.0 Å². The van der Waals surface area contributed by atoms with Crippen LogP contribution in [0.4, 0.5) is 5.69 Å². The van der Waals surface area contributed by atoms with Gasteiger partial charge in [0.1, 0.15) is 11.4 Å². The van der Waals surface area contributed by atoms with Gasteiger partial charge in [0.2, 0.25) is 0 Å². The van der Waals surface area contributed by atoms with E-state index in [0.29, 0.717) is 11.5 Å². The average molecular weight is 444 g/mol. The lowest BCUT2D eigenvalue weighted by Gasteiger charge is -2.31. The number of nitrogens with one attached hydrogen (secondary N) is 1. The monoisotopic (exact) mass is 443 g/mol. The fourth-order valence-corrected chi connectivity index (χ4v) is 4.19. The van der Waals surface area contributed by atoms with Crippen LogP contribution in [0.15, 0.2) is 72.2 Å². The topological polar surface area (TPSA) is 76.3 Å². The van der Waals surface area contributed by atoms with E-state index < -0.39 is 0 Å². The zero-order valence-corrected chi connectivity index (χ0v) is 19.6. The first-order chi connectivity index (χ1) is 16.2. The van der Waals surface area contributed by atoms with Crippen molar-refractivity contribution in [3.05, 3.63) is 77.9 Å². The van der Waals surface area contributed by atoms with Crippen molar-refractivity contribution >= 4 is 11.4 Å². The lowest BCUT2D eigenvalue weighted by Crippen LogP contribution is -2.31. The molecule has 1 saturated carbocycles. The second-order valence-electron chi connectivity index (χ2n) is 8.35. The largest absolute Gasteiger partial charge is 0.496 e. The maximum absolute atomic E-state index is 6.40. The molecule has 1 saturated heterocycles. The van der Waals surface area contributed by atoms with E-state index in [1.165, 1.54) is 24.8 Å². The van der Waals surface area contributed by atoms with Crippen LogP contribution in [0.25, 0.3) is 17.1 Å². The maximum Gasteiger partial charge on any atom is 0.163 e. The van der Waals surface area contributed by atoms with Crippen LogP contribution >= 0.6 is 0 Å². The van der Waals surface area contributed by atoms with Crippen LogP contribution in [-0.4, -0.2) is 35.1 Å². The Hall–Kier alpha value is -3.54. The number of anilines is 1. The number of hydrogen-bond donors (Lipinski definition) is 2. The van der Waals surface area contributed by atoms with Gasteiger partial charge in [0.15, 0.2) is 5.82 Å². The minimum absolute atomic E-state index is 0.546. The van der Waals surface area contributed by atoms with Crippen LogP contribution in [0, 0.1) is 0 Å². The summed E-state index contributed by atoms with van der Waals surface area (Å²) in [6.45, 7) is 8.27. The molecule has 0 amide bonds. The van der Waals surface area contributed by atoms with Gasteiger partial charge in [0.05, 0.1) is 41.6 Å². The van der Waals surface area contributed by atoms with Gasteiger partial charge in [-0.05, 0) is 68.9 Å². The van der Waals surface area contributed by atoms with Crippen LogP contribution in [-0.2, 0) is 0 Å². The fourth-order valence-electron chi connectivity index (χ4n) is 4.19. The van der Waals surface area contributed by atoms with Gasteiger partial charge in [-0.2, -0.15) is 0 Å². The molecule has 1 aromatic heterocycles. The number of hydrogen-bond acceptors (Lipinski definition) is 6. The SMILES string of the molecule is C=C/C(NC(=C1CC1)c1nc(-c2ccccc2OC)ncc1N)=C(\C=C/C)N1CCCCC1. The van der Waals surface area contributed by atoms with Crippen molar-refractivity contribution in [3.63, 3.8) is 0 Å². The molecule has 0 radical (unpaired) electrons. The first-order valence-corrected chi connectivity index (χ1v) is 11.7. The van der Waals surface area contributed by atoms with Crippen molar-refractivity contribution < 1.29 is 4.74 Å². The normalized spacial score (nSPS) is 16.4. The number of nitrogens with zero attached hydrogens (tertiary/aromatic N) is 3. The van der Waals surface area contributed by atoms with E-state index in [9.17, 15) is 0 Å². The highest BCUT2D eigenvalue weighted by Gasteiger charge is 2.25. The highest BCUT2D eigenvalue weighted by Crippen LogP contribution is 2.38. The van der Waals surface area contributed by atoms with Gasteiger partial charge in [-0.15, -0.1) is 0 Å². The van der Waals surface area contributed by atoms with E-state index in [4.69, 9.17) is 15.5 Å². The molecule has 2 heterocycles. The molecule has 2 fully saturated rings. The maximum atomic E-state index is 6.40. The molecule has 2 aromatic rings. The summed E-state index contributed by atoms with van der Waals surface area (Å²) >= 11 is 0. The van der Waals surface area contributed by atoms with E-state index in [1.54, 1.807) is 13.3 Å². The number of nitrogens with two attached hydrogens (primary N) is 1. The molecule has 3 N–H and O–H groups in total. The molecule has 4 rings (SSSR count). The highest BCUT2D eigenvalue weighted by atomic mass is 16.5. The molecule has 0 bridgehead atoms. The van der Waals surface area contributed by atoms with Crippen LogP contribution in [0.1, 0.15) is 44.7 Å². The van der Waals surface area contributed by atoms with Crippen molar-refractivity contribution in [2.24, 2.45) is 0 Å². The van der Waals surface area contributed by atoms with Gasteiger partial charge < -0.3 is 20.7 Å². The number of aromatic nitrogens is 2. The Morgan fingerprint density at radius 1 is 1.18 bits per heavy atom. The summed E-state index contributed by atoms with van der Waals surface area (Å²) in [6.07, 6.45) is 13.6. The fraction of sp³-hybridized carbons (Fsp3) is 0.333. The number of ether oxygens (including phenoxy) is 1. The van der Waals surface area contributed by atoms with Crippen molar-refractivity contribution in [1.82, 2.24) is 20.2 Å². The van der Waals surface area contributed by atoms with Crippen molar-refractivity contribution in [3.8, 4) is 17.1 Å². The standard InChI is InChI=1S/C27H33N5O/c1-4-11-23(32-16-9-6-10-17-32)22(5-2)30-25(19-14-15-19)26-21(28)18-29-27(31-26)20-12-7-8-13-24(20)33-3/h4-5,7-8,11-13,18,30H,2,6,9-10,14-17,28H2,1,3H3/b11-4-,23-22-. The Kier molecular flexibility index (Phi) is 7.13. The number of benzene rings is 1. The minimum atomic E-state index is 0.546. The van der Waals surface area contributed by atoms with Crippen LogP contribution in [0.3, 0.4) is 0 Å². The molecule has 172 valence electrons. The molecular formula is C27H33N5O. The molecule has 1 aliphatic carbocycles. The molecule has 33 heavy (non-hydrogen) atoms. The molecule has 0 spiro atoms. The highest BCUT2D eigenvalue weighted by molar-refractivity contribution is 5.78. The van der Waals surface area contributed by atoms with E-state index in [0.717, 1.165) is 60.0 Å². The van der Waals surface area contributed by atoms with Crippen LogP contribution in [0.5, 0.6) is 5.75 Å². The van der Waals surface area contributed by atoms with E-state index in [2.05, 4.69) is 33.9 Å². The molecule has 2 aliphatic rings. The van der Waals surface area contributed by atoms with Gasteiger partial charge in [-0.1, -0.05) is 24.8 Å². The zero-order chi connectivity index (χ0) is 23.2. The first-order valence-electron chi connectivity index (χ1n) is 11.7. The third-order valence-electron chi connectivity index (χ3n) is 6.02. The summed E-state index contributed by atoms with van der Waals surface area (Å²) < 4.78 is 5.52. The van der Waals surface area contributed by atoms with Gasteiger partial charge in [-0.3, -0.25) is 0 Å². The number of allylic oxidation sites excluding steroid dienone is 4. The Balaban J connectivity index is 1.75. The Labute approximate surface area is 196 Å². The Morgan fingerprint density at radius 2 is 1.94 bits per heavy atom. The number of nitrogen functional groups attached to an aromatic ring is 1. The molecular weight excluding hydrogens is 410 g/mol. The van der Waals surface area contributed by atoms with E-state index in [-0.39, 0.29) is 0 Å². The Bertz CT molecular complexity index is 1100. The second kappa shape index (κ2) is 10.4. The molecule has 6 heteroatoms. The summed E-state index contributed by atoms with van der Waals surface area (Å²) in [5.41, 5.74) is 12.9. The summed E-state index contributed by atoms with van der Waals surface area (Å²) in [5, 5.41) is 3.66. The smallest absolute Gasteiger partial charge is 0.163 e. The predicted octanol–water partition coefficient (Wildman–Crippen LogP) is 5.29. The van der Waals surface area contributed by atoms with Gasteiger partial charge in [0, 0.05) is 13.1 Å². The Morgan fingerprint density at radius 3 is 2.61 bits per heavy atom. The van der Waals surface area contributed by atoms with Gasteiger partial charge in [0.25, 0.3) is 0 Å².